The minimum atomic E-state index is 0.765. The van der Waals surface area contributed by atoms with Gasteiger partial charge in [-0.15, -0.1) is 0 Å². The van der Waals surface area contributed by atoms with Crippen molar-refractivity contribution in [1.82, 2.24) is 19.9 Å². The number of aromatic nitrogens is 4. The molecule has 0 fully saturated rings. The minimum absolute atomic E-state index is 0.765. The SMILES string of the molecule is Cc1cc(C)c(-c2c3nc(c(-c4c(C)cc(C)cc4C)c4[nH]c(c(Br)c4Br)c(-c4c(C)cc(C)cc4C)c4[nH]c(c(Br)c4Br)c(-c4c(C)cc(C)cc4C)c4nc2C(Br)=C4Br)C(Br)=C3Br)c(C)c1. The highest BCUT2D eigenvalue weighted by Gasteiger charge is 2.34. The van der Waals surface area contributed by atoms with E-state index in [4.69, 9.17) is 9.97 Å². The van der Waals surface area contributed by atoms with E-state index in [1.807, 2.05) is 0 Å². The van der Waals surface area contributed by atoms with Gasteiger partial charge in [0, 0.05) is 22.3 Å². The zero-order chi connectivity index (χ0) is 49.3. The van der Waals surface area contributed by atoms with Crippen LogP contribution in [0.25, 0.3) is 84.5 Å². The molecule has 0 amide bonds. The highest BCUT2D eigenvalue weighted by molar-refractivity contribution is 9.18. The van der Waals surface area contributed by atoms with Crippen LogP contribution in [-0.4, -0.2) is 19.9 Å². The fourth-order valence-electron chi connectivity index (χ4n) is 10.8. The third-order valence-corrected chi connectivity index (χ3v) is 21.5. The zero-order valence-electron chi connectivity index (χ0n) is 39.5. The molecule has 346 valence electrons. The lowest BCUT2D eigenvalue weighted by atomic mass is 9.92. The fraction of sp³-hybridized carbons (Fsp3) is 0.214. The molecule has 4 nitrogen and oxygen atoms in total. The second kappa shape index (κ2) is 18.7. The molecule has 68 heavy (non-hydrogen) atoms. The van der Waals surface area contributed by atoms with Gasteiger partial charge in [0.1, 0.15) is 0 Å². The van der Waals surface area contributed by atoms with Gasteiger partial charge in [-0.2, -0.15) is 0 Å². The van der Waals surface area contributed by atoms with Crippen LogP contribution in [0.2, 0.25) is 0 Å². The molecule has 3 aromatic heterocycles. The molecule has 0 radical (unpaired) electrons. The van der Waals surface area contributed by atoms with E-state index in [1.165, 1.54) is 22.3 Å². The molecule has 7 aromatic rings. The molecule has 2 N–H and O–H groups in total. The van der Waals surface area contributed by atoms with E-state index in [9.17, 15) is 0 Å². The van der Waals surface area contributed by atoms with Gasteiger partial charge in [-0.25, -0.2) is 9.97 Å². The average molecular weight is 1410 g/mol. The van der Waals surface area contributed by atoms with E-state index in [0.717, 1.165) is 170 Å². The molecule has 12 heteroatoms. The first-order valence-corrected chi connectivity index (χ1v) is 28.4. The van der Waals surface area contributed by atoms with Crippen LogP contribution in [0.3, 0.4) is 0 Å². The third-order valence-electron chi connectivity index (χ3n) is 13.1. The van der Waals surface area contributed by atoms with Gasteiger partial charge >= 0.3 is 0 Å². The largest absolute Gasteiger partial charge is 0.352 e. The van der Waals surface area contributed by atoms with Crippen LogP contribution in [0.15, 0.2) is 66.4 Å². The Morgan fingerprint density at radius 1 is 0.265 bits per heavy atom. The normalized spacial score (nSPS) is 12.9. The predicted octanol–water partition coefficient (Wildman–Crippen LogP) is 21.0. The van der Waals surface area contributed by atoms with Crippen molar-refractivity contribution in [2.75, 3.05) is 0 Å². The first-order chi connectivity index (χ1) is 32.0. The van der Waals surface area contributed by atoms with Crippen molar-refractivity contribution in [2.24, 2.45) is 0 Å². The number of rotatable bonds is 4. The van der Waals surface area contributed by atoms with Crippen molar-refractivity contribution in [1.29, 1.82) is 0 Å². The Labute approximate surface area is 465 Å². The van der Waals surface area contributed by atoms with Gasteiger partial charge < -0.3 is 9.97 Å². The van der Waals surface area contributed by atoms with Crippen LogP contribution < -0.4 is 0 Å². The first kappa shape index (κ1) is 50.3. The zero-order valence-corrected chi connectivity index (χ0v) is 52.2. The van der Waals surface area contributed by atoms with E-state index in [-0.39, 0.29) is 0 Å². The van der Waals surface area contributed by atoms with Crippen LogP contribution in [0, 0.1) is 83.1 Å². The Bertz CT molecular complexity index is 3410. The van der Waals surface area contributed by atoms with E-state index in [1.54, 1.807) is 0 Å². The Morgan fingerprint density at radius 3 is 0.706 bits per heavy atom. The standard InChI is InChI=1S/C56H46Br8N4/c1-21-13-25(5)33(26(6)14-21)37-49-41(57)43(59)51(65-49)38(34-27(7)15-22(2)16-28(34)8)53-45(61)47(63)55(67-53)40(36-31(11)19-24(4)20-32(36)12)56-48(64)46(62)54(68-56)39(52-44(60)42(58)50(37)66-52)35-29(9)17-23(3)18-30(35)10/h13-20,65-66H,1-12H3. The molecule has 0 saturated heterocycles. The number of halogens is 8. The lowest BCUT2D eigenvalue weighted by Gasteiger charge is -2.15. The molecule has 0 saturated carbocycles. The predicted molar refractivity (Wildman–Crippen MR) is 320 cm³/mol. The van der Waals surface area contributed by atoms with Crippen LogP contribution >= 0.6 is 127 Å². The Morgan fingerprint density at radius 2 is 0.456 bits per heavy atom. The van der Waals surface area contributed by atoms with Crippen LogP contribution in [0.5, 0.6) is 0 Å². The van der Waals surface area contributed by atoms with Crippen molar-refractivity contribution < 1.29 is 0 Å². The van der Waals surface area contributed by atoms with Crippen molar-refractivity contribution >= 4 is 167 Å². The van der Waals surface area contributed by atoms with Crippen molar-refractivity contribution in [3.05, 3.63) is 156 Å². The molecule has 0 aliphatic carbocycles. The molecule has 0 atom stereocenters. The summed E-state index contributed by atoms with van der Waals surface area (Å²) in [4.78, 5) is 19.8. The average Bonchev–Trinajstić information content (AvgIpc) is 3.90. The van der Waals surface area contributed by atoms with Gasteiger partial charge in [0.2, 0.25) is 0 Å². The number of H-pyrrole nitrogens is 2. The maximum absolute atomic E-state index is 5.81. The Balaban J connectivity index is 1.70. The number of nitrogens with zero attached hydrogens (tertiary/aromatic N) is 2. The highest BCUT2D eigenvalue weighted by atomic mass is 79.9. The van der Waals surface area contributed by atoms with Gasteiger partial charge in [0.25, 0.3) is 0 Å². The Hall–Kier alpha value is -2.68. The highest BCUT2D eigenvalue weighted by Crippen LogP contribution is 2.55. The number of aryl methyl sites for hydroxylation is 12. The Kier molecular flexibility index (Phi) is 13.9. The van der Waals surface area contributed by atoms with Gasteiger partial charge in [0.05, 0.1) is 80.7 Å². The molecule has 0 unspecified atom stereocenters. The molecular formula is C56H46Br8N4. The lowest BCUT2D eigenvalue weighted by Crippen LogP contribution is -1.98. The number of aromatic amines is 2. The van der Waals surface area contributed by atoms with E-state index >= 15 is 0 Å². The molecule has 2 aliphatic heterocycles. The number of hydrogen-bond donors (Lipinski definition) is 2. The summed E-state index contributed by atoms with van der Waals surface area (Å²) in [6, 6.07) is 18.0. The van der Waals surface area contributed by atoms with Gasteiger partial charge in [-0.3, -0.25) is 0 Å². The minimum Gasteiger partial charge on any atom is -0.352 e. The molecule has 9 rings (SSSR count). The summed E-state index contributed by atoms with van der Waals surface area (Å²) in [5, 5.41) is 0. The van der Waals surface area contributed by atoms with Gasteiger partial charge in [-0.1, -0.05) is 70.8 Å². The number of hydrogen-bond acceptors (Lipinski definition) is 2. The molecule has 5 heterocycles. The number of nitrogens with one attached hydrogen (secondary N) is 2. The quantitative estimate of drug-likeness (QED) is 0.185. The van der Waals surface area contributed by atoms with Crippen molar-refractivity contribution in [3.8, 4) is 44.5 Å². The van der Waals surface area contributed by atoms with Crippen molar-refractivity contribution in [3.63, 3.8) is 0 Å². The first-order valence-electron chi connectivity index (χ1n) is 22.0. The molecule has 8 bridgehead atoms. The maximum atomic E-state index is 5.81. The second-order valence-corrected chi connectivity index (χ2v) is 24.8. The second-order valence-electron chi connectivity index (χ2n) is 18.5. The summed E-state index contributed by atoms with van der Waals surface area (Å²) in [5.41, 5.74) is 28.7. The van der Waals surface area contributed by atoms with Crippen LogP contribution in [-0.2, 0) is 0 Å². The summed E-state index contributed by atoms with van der Waals surface area (Å²) >= 11 is 33.5. The molecule has 2 aliphatic rings. The summed E-state index contributed by atoms with van der Waals surface area (Å²) in [6.07, 6.45) is 0. The van der Waals surface area contributed by atoms with Gasteiger partial charge in [0.15, 0.2) is 0 Å². The number of fused-ring (bicyclic) bond motifs is 8. The summed E-state index contributed by atoms with van der Waals surface area (Å²) < 4.78 is 6.84. The smallest absolute Gasteiger partial charge is 0.0892 e. The van der Waals surface area contributed by atoms with E-state index in [0.29, 0.717) is 0 Å². The van der Waals surface area contributed by atoms with Crippen LogP contribution in [0.4, 0.5) is 0 Å². The molecular weight excluding hydrogens is 1370 g/mol. The topological polar surface area (TPSA) is 57.4 Å². The fourth-order valence-corrected chi connectivity index (χ4v) is 14.7. The van der Waals surface area contributed by atoms with Crippen molar-refractivity contribution in [2.45, 2.75) is 83.1 Å². The lowest BCUT2D eigenvalue weighted by molar-refractivity contribution is 1.24. The summed E-state index contributed by atoms with van der Waals surface area (Å²) in [5.74, 6) is 0. The number of benzene rings is 4. The van der Waals surface area contributed by atoms with Gasteiger partial charge in [-0.05, 0) is 277 Å². The molecule has 4 aromatic carbocycles. The van der Waals surface area contributed by atoms with E-state index in [2.05, 4.69) is 269 Å². The van der Waals surface area contributed by atoms with E-state index < -0.39 is 0 Å². The monoisotopic (exact) mass is 1410 g/mol. The third kappa shape index (κ3) is 8.19. The van der Waals surface area contributed by atoms with Crippen LogP contribution in [0.1, 0.15) is 89.5 Å². The molecule has 0 spiro atoms. The summed E-state index contributed by atoms with van der Waals surface area (Å²) in [7, 11) is 0. The maximum Gasteiger partial charge on any atom is 0.0892 e. The summed E-state index contributed by atoms with van der Waals surface area (Å²) in [6.45, 7) is 26.2.